The Morgan fingerprint density at radius 1 is 1.05 bits per heavy atom. The molecule has 1 amide bonds. The first-order chi connectivity index (χ1) is 18.5. The third kappa shape index (κ3) is 6.02. The van der Waals surface area contributed by atoms with Crippen LogP contribution in [0.15, 0.2) is 85.5 Å². The Bertz CT molecular complexity index is 1330. The van der Waals surface area contributed by atoms with Gasteiger partial charge in [0.15, 0.2) is 0 Å². The Morgan fingerprint density at radius 2 is 1.74 bits per heavy atom. The highest BCUT2D eigenvalue weighted by Crippen LogP contribution is 2.39. The summed E-state index contributed by atoms with van der Waals surface area (Å²) in [7, 11) is 1.37. The molecule has 3 aromatic carbocycles. The van der Waals surface area contributed by atoms with Crippen LogP contribution < -0.4 is 4.90 Å². The lowest BCUT2D eigenvalue weighted by molar-refractivity contribution is -0.137. The Morgan fingerprint density at radius 3 is 2.44 bits per heavy atom. The first-order valence-electron chi connectivity index (χ1n) is 13.0. The third-order valence-electron chi connectivity index (χ3n) is 7.41. The summed E-state index contributed by atoms with van der Waals surface area (Å²) in [5.74, 6) is -0.443. The van der Waals surface area contributed by atoms with E-state index in [4.69, 9.17) is 0 Å². The SMILES string of the molecule is C=CCN1C[C@H](C)N([C@H](c2cccc(O)c2)c2ccccc2C(=O)N(C)c2ccccc2C(F)(F)F)C[C@H]1C. The molecule has 1 aliphatic heterocycles. The summed E-state index contributed by atoms with van der Waals surface area (Å²) in [4.78, 5) is 19.6. The molecule has 1 saturated heterocycles. The molecule has 1 N–H and O–H groups in total. The maximum absolute atomic E-state index is 13.9. The zero-order valence-electron chi connectivity index (χ0n) is 22.4. The Hall–Kier alpha value is -3.62. The van der Waals surface area contributed by atoms with Crippen LogP contribution in [0.1, 0.15) is 46.9 Å². The van der Waals surface area contributed by atoms with Crippen LogP contribution in [0.3, 0.4) is 0 Å². The minimum atomic E-state index is -4.61. The summed E-state index contributed by atoms with van der Waals surface area (Å²) < 4.78 is 41.3. The fourth-order valence-electron chi connectivity index (χ4n) is 5.48. The average molecular weight is 538 g/mol. The van der Waals surface area contributed by atoms with E-state index in [1.165, 1.54) is 25.2 Å². The van der Waals surface area contributed by atoms with E-state index in [1.54, 1.807) is 30.3 Å². The number of hydrogen-bond acceptors (Lipinski definition) is 4. The van der Waals surface area contributed by atoms with Crippen molar-refractivity contribution in [3.05, 3.63) is 108 Å². The zero-order chi connectivity index (χ0) is 28.3. The number of piperazine rings is 1. The molecule has 0 bridgehead atoms. The van der Waals surface area contributed by atoms with Crippen molar-refractivity contribution in [1.29, 1.82) is 0 Å². The minimum Gasteiger partial charge on any atom is -0.508 e. The third-order valence-corrected chi connectivity index (χ3v) is 7.41. The smallest absolute Gasteiger partial charge is 0.418 e. The van der Waals surface area contributed by atoms with Gasteiger partial charge in [0, 0.05) is 44.3 Å². The number of para-hydroxylation sites is 1. The van der Waals surface area contributed by atoms with Gasteiger partial charge >= 0.3 is 6.18 Å². The summed E-state index contributed by atoms with van der Waals surface area (Å²) in [6.45, 7) is 10.3. The van der Waals surface area contributed by atoms with Crippen LogP contribution in [-0.2, 0) is 6.18 Å². The van der Waals surface area contributed by atoms with Crippen molar-refractivity contribution in [2.24, 2.45) is 0 Å². The molecule has 0 aliphatic carbocycles. The van der Waals surface area contributed by atoms with Crippen LogP contribution in [0.2, 0.25) is 0 Å². The number of carbonyl (C=O) groups is 1. The Kier molecular flexibility index (Phi) is 8.47. The van der Waals surface area contributed by atoms with Gasteiger partial charge in [-0.2, -0.15) is 13.2 Å². The molecule has 8 heteroatoms. The molecule has 1 fully saturated rings. The summed E-state index contributed by atoms with van der Waals surface area (Å²) in [5.41, 5.74) is 0.687. The lowest BCUT2D eigenvalue weighted by Gasteiger charge is -2.47. The van der Waals surface area contributed by atoms with Crippen LogP contribution >= 0.6 is 0 Å². The molecule has 3 aromatic rings. The standard InChI is InChI=1S/C31H34F3N3O2/c1-5-17-36-19-22(3)37(20-21(36)2)29(23-11-10-12-24(38)18-23)25-13-6-7-14-26(25)30(39)35(4)28-16-9-8-15-27(28)31(32,33)34/h5-16,18,21-22,29,38H,1,17,19-20H2,2-4H3/t21-,22+,29-/m1/s1. The van der Waals surface area contributed by atoms with Crippen LogP contribution in [0.5, 0.6) is 5.75 Å². The van der Waals surface area contributed by atoms with Crippen molar-refractivity contribution in [3.63, 3.8) is 0 Å². The average Bonchev–Trinajstić information content (AvgIpc) is 2.90. The van der Waals surface area contributed by atoms with Crippen molar-refractivity contribution in [1.82, 2.24) is 9.80 Å². The zero-order valence-corrected chi connectivity index (χ0v) is 22.4. The highest BCUT2D eigenvalue weighted by atomic mass is 19.4. The number of amides is 1. The number of carbonyl (C=O) groups excluding carboxylic acids is 1. The van der Waals surface area contributed by atoms with Crippen molar-refractivity contribution in [2.75, 3.05) is 31.6 Å². The van der Waals surface area contributed by atoms with Gasteiger partial charge in [-0.05, 0) is 55.3 Å². The number of benzene rings is 3. The van der Waals surface area contributed by atoms with Gasteiger partial charge in [-0.15, -0.1) is 6.58 Å². The van der Waals surface area contributed by atoms with Crippen LogP contribution in [0.4, 0.5) is 18.9 Å². The van der Waals surface area contributed by atoms with Crippen molar-refractivity contribution in [2.45, 2.75) is 38.1 Å². The minimum absolute atomic E-state index is 0.0837. The molecule has 0 spiro atoms. The molecular formula is C31H34F3N3O2. The molecule has 1 aliphatic rings. The number of anilines is 1. The maximum Gasteiger partial charge on any atom is 0.418 e. The molecule has 0 saturated carbocycles. The van der Waals surface area contributed by atoms with E-state index < -0.39 is 23.7 Å². The van der Waals surface area contributed by atoms with Crippen LogP contribution in [0, 0.1) is 0 Å². The van der Waals surface area contributed by atoms with E-state index in [9.17, 15) is 23.1 Å². The monoisotopic (exact) mass is 537 g/mol. The van der Waals surface area contributed by atoms with E-state index >= 15 is 0 Å². The van der Waals surface area contributed by atoms with Gasteiger partial charge in [0.2, 0.25) is 0 Å². The van der Waals surface area contributed by atoms with Gasteiger partial charge in [0.1, 0.15) is 5.75 Å². The Labute approximate surface area is 227 Å². The highest BCUT2D eigenvalue weighted by Gasteiger charge is 2.38. The number of alkyl halides is 3. The van der Waals surface area contributed by atoms with Crippen LogP contribution in [-0.4, -0.2) is 59.6 Å². The number of phenolic OH excluding ortho intramolecular Hbond substituents is 1. The predicted octanol–water partition coefficient (Wildman–Crippen LogP) is 6.36. The molecular weight excluding hydrogens is 503 g/mol. The quantitative estimate of drug-likeness (QED) is 0.357. The van der Waals surface area contributed by atoms with Gasteiger partial charge in [-0.1, -0.05) is 48.5 Å². The molecule has 0 unspecified atom stereocenters. The number of aromatic hydroxyl groups is 1. The normalized spacial score (nSPS) is 19.4. The van der Waals surface area contributed by atoms with Gasteiger partial charge in [-0.3, -0.25) is 14.6 Å². The van der Waals surface area contributed by atoms with Gasteiger partial charge in [0.25, 0.3) is 5.91 Å². The van der Waals surface area contributed by atoms with Crippen LogP contribution in [0.25, 0.3) is 0 Å². The highest BCUT2D eigenvalue weighted by molar-refractivity contribution is 6.07. The fraction of sp³-hybridized carbons (Fsp3) is 0.323. The van der Waals surface area contributed by atoms with E-state index in [1.807, 2.05) is 24.3 Å². The molecule has 3 atom stereocenters. The maximum atomic E-state index is 13.9. The van der Waals surface area contributed by atoms with E-state index in [0.29, 0.717) is 17.7 Å². The second-order valence-corrected chi connectivity index (χ2v) is 10.1. The summed E-state index contributed by atoms with van der Waals surface area (Å²) >= 11 is 0. The number of rotatable bonds is 7. The fourth-order valence-corrected chi connectivity index (χ4v) is 5.48. The lowest BCUT2D eigenvalue weighted by atomic mass is 9.90. The largest absolute Gasteiger partial charge is 0.508 e. The van der Waals surface area contributed by atoms with Gasteiger partial charge in [0.05, 0.1) is 17.3 Å². The summed E-state index contributed by atoms with van der Waals surface area (Å²) in [6, 6.07) is 18.9. The summed E-state index contributed by atoms with van der Waals surface area (Å²) in [5, 5.41) is 10.3. The molecule has 0 aromatic heterocycles. The first-order valence-corrected chi connectivity index (χ1v) is 13.0. The second kappa shape index (κ2) is 11.6. The molecule has 1 heterocycles. The Balaban J connectivity index is 1.81. The number of hydrogen-bond donors (Lipinski definition) is 1. The van der Waals surface area contributed by atoms with Crippen molar-refractivity contribution < 1.29 is 23.1 Å². The second-order valence-electron chi connectivity index (χ2n) is 10.1. The van der Waals surface area contributed by atoms with Gasteiger partial charge < -0.3 is 10.0 Å². The van der Waals surface area contributed by atoms with Gasteiger partial charge in [-0.25, -0.2) is 0 Å². The molecule has 39 heavy (non-hydrogen) atoms. The molecule has 206 valence electrons. The number of phenols is 1. The summed E-state index contributed by atoms with van der Waals surface area (Å²) in [6.07, 6.45) is -2.72. The van der Waals surface area contributed by atoms with Crippen molar-refractivity contribution >= 4 is 11.6 Å². The van der Waals surface area contributed by atoms with Crippen molar-refractivity contribution in [3.8, 4) is 5.75 Å². The number of nitrogens with zero attached hydrogens (tertiary/aromatic N) is 3. The predicted molar refractivity (Wildman–Crippen MR) is 148 cm³/mol. The topological polar surface area (TPSA) is 47.0 Å². The first kappa shape index (κ1) is 28.4. The molecule has 0 radical (unpaired) electrons. The molecule has 5 nitrogen and oxygen atoms in total. The lowest BCUT2D eigenvalue weighted by Crippen LogP contribution is -2.57. The van der Waals surface area contributed by atoms with E-state index in [0.717, 1.165) is 29.6 Å². The molecule has 4 rings (SSSR count). The number of halogens is 3. The van der Waals surface area contributed by atoms with E-state index in [2.05, 4.69) is 30.2 Å². The van der Waals surface area contributed by atoms with E-state index in [-0.39, 0.29) is 23.5 Å².